The summed E-state index contributed by atoms with van der Waals surface area (Å²) in [6.45, 7) is -0.578. The molecule has 0 bridgehead atoms. The van der Waals surface area contributed by atoms with Gasteiger partial charge in [0.2, 0.25) is 0 Å². The van der Waals surface area contributed by atoms with E-state index in [-0.39, 0.29) is 18.5 Å². The zero-order chi connectivity index (χ0) is 22.9. The fourth-order valence-electron chi connectivity index (χ4n) is 2.54. The number of rotatable bonds is 9. The minimum absolute atomic E-state index is 0.0544. The highest BCUT2D eigenvalue weighted by atomic mass is 31.3. The number of quaternary nitrogens is 1. The lowest BCUT2D eigenvalue weighted by Crippen LogP contribution is -2.37. The Morgan fingerprint density at radius 3 is 2.47 bits per heavy atom. The van der Waals surface area contributed by atoms with Gasteiger partial charge in [-0.15, -0.1) is 0 Å². The maximum absolute atomic E-state index is 12.0. The van der Waals surface area contributed by atoms with Gasteiger partial charge in [0.05, 0.1) is 40.5 Å². The molecule has 16 heteroatoms. The largest absolute Gasteiger partial charge is 0.479 e. The van der Waals surface area contributed by atoms with Crippen LogP contribution in [-0.4, -0.2) is 92.8 Å². The van der Waals surface area contributed by atoms with Gasteiger partial charge >= 0.3 is 21.1 Å². The number of aliphatic hydroxyl groups excluding tert-OH is 2. The molecule has 1 aromatic rings. The number of phosphoric ester groups is 1. The van der Waals surface area contributed by atoms with E-state index in [2.05, 4.69) is 13.8 Å². The third kappa shape index (κ3) is 6.92. The molecule has 6 atom stereocenters. The van der Waals surface area contributed by atoms with Gasteiger partial charge in [-0.1, -0.05) is 0 Å². The van der Waals surface area contributed by atoms with Gasteiger partial charge in [-0.05, 0) is 6.07 Å². The lowest BCUT2D eigenvalue weighted by molar-refractivity contribution is -0.867. The van der Waals surface area contributed by atoms with Gasteiger partial charge in [0.1, 0.15) is 24.1 Å². The Bertz CT molecular complexity index is 903. The molecule has 1 aromatic heterocycles. The van der Waals surface area contributed by atoms with Crippen LogP contribution < -0.4 is 11.4 Å². The number of nitrogen functional groups attached to an aromatic ring is 1. The van der Waals surface area contributed by atoms with Crippen molar-refractivity contribution in [3.05, 3.63) is 22.7 Å². The van der Waals surface area contributed by atoms with Crippen LogP contribution >= 0.6 is 15.4 Å². The third-order valence-corrected chi connectivity index (χ3v) is 7.24. The summed E-state index contributed by atoms with van der Waals surface area (Å²) in [4.78, 5) is 34.9. The van der Waals surface area contributed by atoms with Crippen LogP contribution in [0.15, 0.2) is 17.1 Å². The van der Waals surface area contributed by atoms with Crippen LogP contribution in [0.1, 0.15) is 6.23 Å². The molecule has 0 radical (unpaired) electrons. The van der Waals surface area contributed by atoms with E-state index in [1.807, 2.05) is 0 Å². The molecule has 1 aliphatic heterocycles. The molecule has 2 heterocycles. The van der Waals surface area contributed by atoms with Gasteiger partial charge in [0.25, 0.3) is 0 Å². The molecule has 6 N–H and O–H groups in total. The molecule has 172 valence electrons. The van der Waals surface area contributed by atoms with Crippen molar-refractivity contribution < 1.29 is 47.2 Å². The first-order chi connectivity index (χ1) is 13.6. The predicted octanol–water partition coefficient (Wildman–Crippen LogP) is -1.53. The van der Waals surface area contributed by atoms with Crippen LogP contribution in [0.4, 0.5) is 5.82 Å². The van der Waals surface area contributed by atoms with Crippen molar-refractivity contribution in [1.29, 1.82) is 0 Å². The van der Waals surface area contributed by atoms with E-state index in [0.29, 0.717) is 4.48 Å². The van der Waals surface area contributed by atoms with E-state index in [0.717, 1.165) is 4.57 Å². The maximum atomic E-state index is 12.0. The number of ether oxygens (including phenoxy) is 1. The fraction of sp³-hybridized carbons (Fsp3) is 0.714. The van der Waals surface area contributed by atoms with Crippen LogP contribution in [0.25, 0.3) is 0 Å². The van der Waals surface area contributed by atoms with Gasteiger partial charge in [0, 0.05) is 6.20 Å². The van der Waals surface area contributed by atoms with Crippen molar-refractivity contribution >= 4 is 21.2 Å². The number of nitrogens with two attached hydrogens (primary N) is 1. The molecule has 30 heavy (non-hydrogen) atoms. The molecule has 2 unspecified atom stereocenters. The van der Waals surface area contributed by atoms with Crippen molar-refractivity contribution in [2.45, 2.75) is 24.5 Å². The summed E-state index contributed by atoms with van der Waals surface area (Å²) in [6, 6.07) is 1.28. The van der Waals surface area contributed by atoms with E-state index in [9.17, 15) is 33.9 Å². The monoisotopic (exact) mass is 473 g/mol. The summed E-state index contributed by atoms with van der Waals surface area (Å²) in [6.07, 6.45) is -5.08. The Labute approximate surface area is 172 Å². The van der Waals surface area contributed by atoms with Crippen LogP contribution in [0.3, 0.4) is 0 Å². The number of hydrogen-bond acceptors (Lipinski definition) is 10. The molecular weight excluding hydrogens is 446 g/mol. The minimum atomic E-state index is -4.99. The van der Waals surface area contributed by atoms with Gasteiger partial charge < -0.3 is 35.0 Å². The third-order valence-electron chi connectivity index (χ3n) is 4.15. The SMILES string of the molecule is C[N+](C)(C)CCP(=O)(O)OP(=O)(O)OC[C@H]1O[C@@H](n2ccc(N)nc2=O)[C@H](O)[C@@H]1O. The first-order valence-electron chi connectivity index (χ1n) is 8.77. The molecule has 1 fully saturated rings. The van der Waals surface area contributed by atoms with Crippen molar-refractivity contribution in [2.24, 2.45) is 0 Å². The molecule has 2 rings (SSSR count). The molecule has 0 amide bonds. The summed E-state index contributed by atoms with van der Waals surface area (Å²) < 4.78 is 39.7. The zero-order valence-electron chi connectivity index (χ0n) is 16.6. The van der Waals surface area contributed by atoms with Crippen LogP contribution in [0.5, 0.6) is 0 Å². The van der Waals surface area contributed by atoms with Crippen molar-refractivity contribution in [2.75, 3.05) is 46.2 Å². The van der Waals surface area contributed by atoms with E-state index in [4.69, 9.17) is 10.5 Å². The topological polar surface area (TPSA) is 204 Å². The summed E-state index contributed by atoms with van der Waals surface area (Å²) in [5.41, 5.74) is 4.55. The first-order valence-corrected chi connectivity index (χ1v) is 12.0. The summed E-state index contributed by atoms with van der Waals surface area (Å²) >= 11 is 0. The zero-order valence-corrected chi connectivity index (χ0v) is 18.4. The van der Waals surface area contributed by atoms with Crippen molar-refractivity contribution in [3.8, 4) is 0 Å². The molecular formula is C14H27N4O10P2+. The Balaban J connectivity index is 2.00. The van der Waals surface area contributed by atoms with E-state index in [1.54, 1.807) is 21.1 Å². The van der Waals surface area contributed by atoms with Crippen molar-refractivity contribution in [1.82, 2.24) is 9.55 Å². The number of nitrogens with zero attached hydrogens (tertiary/aromatic N) is 3. The highest BCUT2D eigenvalue weighted by molar-refractivity contribution is 7.64. The summed E-state index contributed by atoms with van der Waals surface area (Å²) in [7, 11) is -4.15. The molecule has 0 spiro atoms. The minimum Gasteiger partial charge on any atom is -0.387 e. The second-order valence-electron chi connectivity index (χ2n) is 7.81. The number of aliphatic hydroxyl groups is 2. The van der Waals surface area contributed by atoms with Gasteiger partial charge in [-0.25, -0.2) is 13.7 Å². The molecule has 1 saturated heterocycles. The maximum Gasteiger partial charge on any atom is 0.479 e. The standard InChI is InChI=1S/C14H26N4O10P2/c1-18(2,3)6-7-29(22,23)28-30(24,25)26-8-9-11(19)12(20)13(27-9)17-5-4-10(15)16-14(17)21/h4-5,9,11-13,19-20H,6-8H2,1-3H3,(H3-,15,16,21,22,23,24,25)/p+1/t9-,11-,12-,13-/m1/s1. The summed E-state index contributed by atoms with van der Waals surface area (Å²) in [5, 5.41) is 20.2. The molecule has 14 nitrogen and oxygen atoms in total. The number of hydrogen-bond donors (Lipinski definition) is 5. The van der Waals surface area contributed by atoms with Crippen LogP contribution in [-0.2, 0) is 22.7 Å². The number of anilines is 1. The Hall–Kier alpha value is -1.18. The van der Waals surface area contributed by atoms with E-state index in [1.165, 1.54) is 12.3 Å². The average molecular weight is 473 g/mol. The second kappa shape index (κ2) is 9.13. The normalized spacial score (nSPS) is 28.8. The molecule has 0 aliphatic carbocycles. The summed E-state index contributed by atoms with van der Waals surface area (Å²) in [5.74, 6) is -0.0544. The van der Waals surface area contributed by atoms with Gasteiger partial charge in [-0.2, -0.15) is 4.98 Å². The van der Waals surface area contributed by atoms with Crippen LogP contribution in [0, 0.1) is 0 Å². The Morgan fingerprint density at radius 2 is 1.90 bits per heavy atom. The fourth-order valence-corrected chi connectivity index (χ4v) is 5.53. The van der Waals surface area contributed by atoms with Gasteiger partial charge in [-0.3, -0.25) is 13.7 Å². The van der Waals surface area contributed by atoms with E-state index < -0.39 is 52.3 Å². The number of phosphoric acid groups is 1. The lowest BCUT2D eigenvalue weighted by atomic mass is 10.1. The second-order valence-corrected chi connectivity index (χ2v) is 11.4. The number of aromatic nitrogens is 2. The van der Waals surface area contributed by atoms with Gasteiger partial charge in [0.15, 0.2) is 6.23 Å². The van der Waals surface area contributed by atoms with E-state index >= 15 is 0 Å². The molecule has 1 aliphatic rings. The molecule has 0 aromatic carbocycles. The average Bonchev–Trinajstić information content (AvgIpc) is 2.85. The first kappa shape index (κ1) is 25.1. The predicted molar refractivity (Wildman–Crippen MR) is 103 cm³/mol. The Morgan fingerprint density at radius 1 is 1.27 bits per heavy atom. The highest BCUT2D eigenvalue weighted by Crippen LogP contribution is 2.59. The molecule has 0 saturated carbocycles. The van der Waals surface area contributed by atoms with Crippen molar-refractivity contribution in [3.63, 3.8) is 0 Å². The smallest absolute Gasteiger partial charge is 0.387 e. The Kier molecular flexibility index (Phi) is 7.63. The lowest BCUT2D eigenvalue weighted by Gasteiger charge is -2.25. The quantitative estimate of drug-likeness (QED) is 0.205. The highest BCUT2D eigenvalue weighted by Gasteiger charge is 2.46. The van der Waals surface area contributed by atoms with Crippen LogP contribution in [0.2, 0.25) is 0 Å².